The lowest BCUT2D eigenvalue weighted by molar-refractivity contribution is -0.139. The van der Waals surface area contributed by atoms with Gasteiger partial charge in [-0.25, -0.2) is 8.42 Å². The van der Waals surface area contributed by atoms with E-state index in [9.17, 15) is 18.0 Å². The number of anilines is 1. The Kier molecular flexibility index (Phi) is 8.65. The molecule has 0 aliphatic rings. The summed E-state index contributed by atoms with van der Waals surface area (Å²) in [5, 5.41) is 2.73. The lowest BCUT2D eigenvalue weighted by Crippen LogP contribution is -2.51. The fourth-order valence-electron chi connectivity index (χ4n) is 3.27. The third kappa shape index (κ3) is 6.71. The van der Waals surface area contributed by atoms with Gasteiger partial charge >= 0.3 is 0 Å². The van der Waals surface area contributed by atoms with Crippen LogP contribution in [0.4, 0.5) is 5.69 Å². The number of benzene rings is 2. The largest absolute Gasteiger partial charge is 0.497 e. The van der Waals surface area contributed by atoms with Crippen molar-refractivity contribution in [3.8, 4) is 5.75 Å². The van der Waals surface area contributed by atoms with Crippen LogP contribution in [0.15, 0.2) is 48.5 Å². The van der Waals surface area contributed by atoms with Crippen LogP contribution in [-0.2, 0) is 26.2 Å². The number of sulfonamides is 1. The first-order valence-electron chi connectivity index (χ1n) is 10.3. The Bertz CT molecular complexity index is 1040. The molecule has 0 saturated heterocycles. The van der Waals surface area contributed by atoms with Gasteiger partial charge in [-0.2, -0.15) is 0 Å². The zero-order valence-electron chi connectivity index (χ0n) is 19.2. The number of hydrogen-bond donors (Lipinski definition) is 1. The average Bonchev–Trinajstić information content (AvgIpc) is 2.74. The number of ether oxygens (including phenoxy) is 1. The molecule has 8 nitrogen and oxygen atoms in total. The van der Waals surface area contributed by atoms with Crippen molar-refractivity contribution < 1.29 is 22.7 Å². The van der Waals surface area contributed by atoms with Crippen LogP contribution < -0.4 is 14.4 Å². The molecule has 1 N–H and O–H groups in total. The normalized spacial score (nSPS) is 12.0. The molecule has 0 aliphatic heterocycles. The van der Waals surface area contributed by atoms with Gasteiger partial charge in [0, 0.05) is 13.1 Å². The molecule has 0 heterocycles. The monoisotopic (exact) mass is 461 g/mol. The molecule has 174 valence electrons. The molecule has 2 amide bonds. The quantitative estimate of drug-likeness (QED) is 0.586. The number of aryl methyl sites for hydroxylation is 1. The minimum absolute atomic E-state index is 0.180. The number of likely N-dealkylation sites (N-methyl/N-ethyl adjacent to an activating group) is 1. The van der Waals surface area contributed by atoms with Crippen LogP contribution in [0.5, 0.6) is 5.75 Å². The maximum absolute atomic E-state index is 13.4. The van der Waals surface area contributed by atoms with E-state index in [1.54, 1.807) is 38.1 Å². The van der Waals surface area contributed by atoms with Crippen LogP contribution in [0.25, 0.3) is 0 Å². The second-order valence-electron chi connectivity index (χ2n) is 7.55. The minimum atomic E-state index is -3.76. The van der Waals surface area contributed by atoms with Gasteiger partial charge in [-0.1, -0.05) is 29.8 Å². The molecule has 2 rings (SSSR count). The van der Waals surface area contributed by atoms with Crippen molar-refractivity contribution in [2.75, 3.05) is 30.8 Å². The molecule has 32 heavy (non-hydrogen) atoms. The lowest BCUT2D eigenvalue weighted by atomic mass is 10.1. The smallest absolute Gasteiger partial charge is 0.244 e. The number of nitrogens with zero attached hydrogens (tertiary/aromatic N) is 2. The highest BCUT2D eigenvalue weighted by Crippen LogP contribution is 2.22. The summed E-state index contributed by atoms with van der Waals surface area (Å²) >= 11 is 0. The molecular formula is C23H31N3O5S. The van der Waals surface area contributed by atoms with Gasteiger partial charge in [0.25, 0.3) is 0 Å². The summed E-state index contributed by atoms with van der Waals surface area (Å²) in [7, 11) is -2.24. The van der Waals surface area contributed by atoms with E-state index in [1.807, 2.05) is 31.2 Å². The van der Waals surface area contributed by atoms with Gasteiger partial charge in [0.1, 0.15) is 18.3 Å². The van der Waals surface area contributed by atoms with Crippen molar-refractivity contribution in [1.29, 1.82) is 0 Å². The topological polar surface area (TPSA) is 96.0 Å². The number of nitrogens with one attached hydrogen (secondary N) is 1. The summed E-state index contributed by atoms with van der Waals surface area (Å²) < 4.78 is 31.1. The first-order chi connectivity index (χ1) is 15.1. The highest BCUT2D eigenvalue weighted by molar-refractivity contribution is 7.92. The van der Waals surface area contributed by atoms with Gasteiger partial charge in [-0.3, -0.25) is 13.9 Å². The fraction of sp³-hybridized carbons (Fsp3) is 0.391. The predicted octanol–water partition coefficient (Wildman–Crippen LogP) is 2.32. The number of methoxy groups -OCH3 is 1. The van der Waals surface area contributed by atoms with Crippen LogP contribution in [-0.4, -0.2) is 57.6 Å². The van der Waals surface area contributed by atoms with E-state index in [4.69, 9.17) is 4.74 Å². The van der Waals surface area contributed by atoms with E-state index >= 15 is 0 Å². The summed E-state index contributed by atoms with van der Waals surface area (Å²) in [5.74, 6) is -0.213. The van der Waals surface area contributed by atoms with Crippen LogP contribution in [0, 0.1) is 6.92 Å². The van der Waals surface area contributed by atoms with Crippen molar-refractivity contribution in [2.24, 2.45) is 0 Å². The predicted molar refractivity (Wildman–Crippen MR) is 125 cm³/mol. The standard InChI is InChI=1S/C23H31N3O5S/c1-6-24-23(28)18(3)25(15-19-9-7-8-17(2)14-19)22(27)16-26(32(5,29)30)20-10-12-21(31-4)13-11-20/h7-14,18H,6,15-16H2,1-5H3,(H,24,28). The molecule has 0 bridgehead atoms. The maximum Gasteiger partial charge on any atom is 0.244 e. The highest BCUT2D eigenvalue weighted by Gasteiger charge is 2.29. The zero-order valence-corrected chi connectivity index (χ0v) is 20.0. The molecule has 9 heteroatoms. The Morgan fingerprint density at radius 3 is 2.31 bits per heavy atom. The minimum Gasteiger partial charge on any atom is -0.497 e. The lowest BCUT2D eigenvalue weighted by Gasteiger charge is -2.31. The first-order valence-corrected chi connectivity index (χ1v) is 12.2. The molecule has 1 atom stereocenters. The highest BCUT2D eigenvalue weighted by atomic mass is 32.2. The fourth-order valence-corrected chi connectivity index (χ4v) is 4.12. The number of carbonyl (C=O) groups is 2. The molecule has 0 aromatic heterocycles. The summed E-state index contributed by atoms with van der Waals surface area (Å²) in [6.07, 6.45) is 1.04. The van der Waals surface area contributed by atoms with Crippen LogP contribution in [0.3, 0.4) is 0 Å². The number of rotatable bonds is 10. The second-order valence-corrected chi connectivity index (χ2v) is 9.46. The summed E-state index contributed by atoms with van der Waals surface area (Å²) in [6.45, 7) is 5.55. The van der Waals surface area contributed by atoms with E-state index in [0.29, 0.717) is 18.0 Å². The Morgan fingerprint density at radius 2 is 1.78 bits per heavy atom. The van der Waals surface area contributed by atoms with E-state index in [2.05, 4.69) is 5.32 Å². The first kappa shape index (κ1) is 25.2. The number of carbonyl (C=O) groups excluding carboxylic acids is 2. The van der Waals surface area contributed by atoms with Crippen LogP contribution in [0.1, 0.15) is 25.0 Å². The Hall–Kier alpha value is -3.07. The average molecular weight is 462 g/mol. The molecule has 2 aromatic carbocycles. The van der Waals surface area contributed by atoms with Gasteiger partial charge in [0.2, 0.25) is 21.8 Å². The molecule has 0 fully saturated rings. The molecule has 0 radical (unpaired) electrons. The summed E-state index contributed by atoms with van der Waals surface area (Å²) in [5.41, 5.74) is 2.21. The molecule has 0 aliphatic carbocycles. The number of hydrogen-bond acceptors (Lipinski definition) is 5. The van der Waals surface area contributed by atoms with Gasteiger partial charge in [-0.05, 0) is 50.6 Å². The third-order valence-electron chi connectivity index (χ3n) is 4.99. The summed E-state index contributed by atoms with van der Waals surface area (Å²) in [4.78, 5) is 27.3. The van der Waals surface area contributed by atoms with Crippen molar-refractivity contribution in [2.45, 2.75) is 33.4 Å². The van der Waals surface area contributed by atoms with E-state index < -0.39 is 28.5 Å². The Balaban J connectivity index is 2.37. The Morgan fingerprint density at radius 1 is 1.12 bits per heavy atom. The maximum atomic E-state index is 13.4. The van der Waals surface area contributed by atoms with Crippen molar-refractivity contribution in [3.05, 3.63) is 59.7 Å². The van der Waals surface area contributed by atoms with E-state index in [0.717, 1.165) is 21.7 Å². The van der Waals surface area contributed by atoms with Gasteiger partial charge in [0.15, 0.2) is 0 Å². The van der Waals surface area contributed by atoms with Crippen molar-refractivity contribution in [3.63, 3.8) is 0 Å². The SMILES string of the molecule is CCNC(=O)C(C)N(Cc1cccc(C)c1)C(=O)CN(c1ccc(OC)cc1)S(C)(=O)=O. The Labute approximate surface area is 190 Å². The van der Waals surface area contributed by atoms with Crippen LogP contribution in [0.2, 0.25) is 0 Å². The van der Waals surface area contributed by atoms with Gasteiger partial charge in [-0.15, -0.1) is 0 Å². The van der Waals surface area contributed by atoms with E-state index in [1.165, 1.54) is 12.0 Å². The second kappa shape index (κ2) is 11.0. The zero-order chi connectivity index (χ0) is 23.9. The molecule has 0 saturated carbocycles. The molecular weight excluding hydrogens is 430 g/mol. The van der Waals surface area contributed by atoms with Gasteiger partial charge < -0.3 is 15.0 Å². The molecule has 1 unspecified atom stereocenters. The van der Waals surface area contributed by atoms with Crippen molar-refractivity contribution in [1.82, 2.24) is 10.2 Å². The third-order valence-corrected chi connectivity index (χ3v) is 6.13. The number of amides is 2. The summed E-state index contributed by atoms with van der Waals surface area (Å²) in [6, 6.07) is 13.2. The van der Waals surface area contributed by atoms with Crippen LogP contribution >= 0.6 is 0 Å². The van der Waals surface area contributed by atoms with E-state index in [-0.39, 0.29) is 12.5 Å². The molecule has 2 aromatic rings. The van der Waals surface area contributed by atoms with Gasteiger partial charge in [0.05, 0.1) is 19.1 Å². The van der Waals surface area contributed by atoms with Crippen molar-refractivity contribution >= 4 is 27.5 Å². The molecule has 0 spiro atoms.